The molecule has 0 saturated carbocycles. The monoisotopic (exact) mass is 363 g/mol. The molecule has 2 aromatic rings. The molecule has 0 saturated heterocycles. The van der Waals surface area contributed by atoms with Gasteiger partial charge in [-0.05, 0) is 50.2 Å². The van der Waals surface area contributed by atoms with Crippen LogP contribution in [0.25, 0.3) is 0 Å². The zero-order valence-electron chi connectivity index (χ0n) is 14.0. The third kappa shape index (κ3) is 5.20. The number of rotatable bonds is 7. The highest BCUT2D eigenvalue weighted by Crippen LogP contribution is 2.24. The summed E-state index contributed by atoms with van der Waals surface area (Å²) in [5.74, 6) is 0.400. The SMILES string of the molecule is CCOc1ccccc1NC(C)C(=O)Nc1ccc(S(N)(=O)=O)cc1. The molecule has 0 heterocycles. The summed E-state index contributed by atoms with van der Waals surface area (Å²) >= 11 is 0. The molecule has 7 nitrogen and oxygen atoms in total. The molecule has 0 aliphatic rings. The van der Waals surface area contributed by atoms with E-state index in [2.05, 4.69) is 10.6 Å². The lowest BCUT2D eigenvalue weighted by Crippen LogP contribution is -2.32. The Bertz CT molecular complexity index is 835. The van der Waals surface area contributed by atoms with Crippen molar-refractivity contribution in [2.75, 3.05) is 17.2 Å². The first-order chi connectivity index (χ1) is 11.8. The lowest BCUT2D eigenvalue weighted by Gasteiger charge is -2.18. The van der Waals surface area contributed by atoms with Gasteiger partial charge in [0.2, 0.25) is 15.9 Å². The summed E-state index contributed by atoms with van der Waals surface area (Å²) in [6.45, 7) is 4.13. The number of ether oxygens (including phenoxy) is 1. The fourth-order valence-corrected chi connectivity index (χ4v) is 2.66. The number of anilines is 2. The quantitative estimate of drug-likeness (QED) is 0.698. The van der Waals surface area contributed by atoms with Crippen LogP contribution in [0.1, 0.15) is 13.8 Å². The van der Waals surface area contributed by atoms with Gasteiger partial charge in [0.05, 0.1) is 17.2 Å². The largest absolute Gasteiger partial charge is 0.492 e. The van der Waals surface area contributed by atoms with Gasteiger partial charge in [0, 0.05) is 5.69 Å². The number of benzene rings is 2. The molecule has 8 heteroatoms. The van der Waals surface area contributed by atoms with Gasteiger partial charge in [0.25, 0.3) is 0 Å². The van der Waals surface area contributed by atoms with Gasteiger partial charge in [0.1, 0.15) is 11.8 Å². The van der Waals surface area contributed by atoms with Crippen molar-refractivity contribution in [1.29, 1.82) is 0 Å². The highest BCUT2D eigenvalue weighted by Gasteiger charge is 2.15. The predicted octanol–water partition coefficient (Wildman–Crippen LogP) is 2.17. The van der Waals surface area contributed by atoms with Gasteiger partial charge in [-0.2, -0.15) is 0 Å². The molecule has 0 fully saturated rings. The van der Waals surface area contributed by atoms with Crippen molar-refractivity contribution in [3.63, 3.8) is 0 Å². The Morgan fingerprint density at radius 2 is 1.80 bits per heavy atom. The minimum Gasteiger partial charge on any atom is -0.492 e. The molecule has 0 aromatic heterocycles. The third-order valence-electron chi connectivity index (χ3n) is 3.40. The Labute approximate surface area is 147 Å². The van der Waals surface area contributed by atoms with Gasteiger partial charge in [-0.3, -0.25) is 4.79 Å². The standard InChI is InChI=1S/C17H21N3O4S/c1-3-24-16-7-5-4-6-15(16)19-12(2)17(21)20-13-8-10-14(11-9-13)25(18,22)23/h4-12,19H,3H2,1-2H3,(H,20,21)(H2,18,22,23). The molecule has 0 radical (unpaired) electrons. The fourth-order valence-electron chi connectivity index (χ4n) is 2.14. The molecular weight excluding hydrogens is 342 g/mol. The average molecular weight is 363 g/mol. The van der Waals surface area contributed by atoms with E-state index in [1.54, 1.807) is 6.92 Å². The van der Waals surface area contributed by atoms with Crippen molar-refractivity contribution >= 4 is 27.3 Å². The van der Waals surface area contributed by atoms with E-state index in [0.717, 1.165) is 5.69 Å². The molecule has 25 heavy (non-hydrogen) atoms. The normalized spacial score (nSPS) is 12.3. The molecule has 0 spiro atoms. The Kier molecular flexibility index (Phi) is 6.00. The number of carbonyl (C=O) groups excluding carboxylic acids is 1. The molecule has 1 atom stereocenters. The topological polar surface area (TPSA) is 111 Å². The number of carbonyl (C=O) groups is 1. The van der Waals surface area contributed by atoms with Crippen molar-refractivity contribution in [3.05, 3.63) is 48.5 Å². The Balaban J connectivity index is 2.03. The smallest absolute Gasteiger partial charge is 0.246 e. The van der Waals surface area contributed by atoms with Crippen LogP contribution in [-0.4, -0.2) is 27.0 Å². The van der Waals surface area contributed by atoms with Gasteiger partial charge in [0.15, 0.2) is 0 Å². The van der Waals surface area contributed by atoms with Crippen LogP contribution in [0.5, 0.6) is 5.75 Å². The number of amides is 1. The van der Waals surface area contributed by atoms with E-state index in [-0.39, 0.29) is 10.8 Å². The zero-order chi connectivity index (χ0) is 18.4. The number of hydrogen-bond acceptors (Lipinski definition) is 5. The number of hydrogen-bond donors (Lipinski definition) is 3. The van der Waals surface area contributed by atoms with E-state index in [4.69, 9.17) is 9.88 Å². The van der Waals surface area contributed by atoms with Gasteiger partial charge in [-0.25, -0.2) is 13.6 Å². The molecule has 0 bridgehead atoms. The van der Waals surface area contributed by atoms with Crippen molar-refractivity contribution in [2.24, 2.45) is 5.14 Å². The first kappa shape index (κ1) is 18.8. The number of nitrogens with one attached hydrogen (secondary N) is 2. The van der Waals surface area contributed by atoms with Crippen LogP contribution in [0.2, 0.25) is 0 Å². The lowest BCUT2D eigenvalue weighted by atomic mass is 10.2. The molecule has 1 unspecified atom stereocenters. The maximum Gasteiger partial charge on any atom is 0.246 e. The number of primary sulfonamides is 1. The molecule has 0 aliphatic heterocycles. The van der Waals surface area contributed by atoms with Gasteiger partial charge >= 0.3 is 0 Å². The minimum absolute atomic E-state index is 0.0117. The van der Waals surface area contributed by atoms with E-state index >= 15 is 0 Å². The van der Waals surface area contributed by atoms with Crippen LogP contribution in [0.3, 0.4) is 0 Å². The summed E-state index contributed by atoms with van der Waals surface area (Å²) in [6, 6.07) is 12.5. The first-order valence-corrected chi connectivity index (χ1v) is 9.28. The number of nitrogens with two attached hydrogens (primary N) is 1. The maximum atomic E-state index is 12.3. The first-order valence-electron chi connectivity index (χ1n) is 7.73. The second kappa shape index (κ2) is 8.00. The highest BCUT2D eigenvalue weighted by molar-refractivity contribution is 7.89. The molecule has 4 N–H and O–H groups in total. The van der Waals surface area contributed by atoms with Gasteiger partial charge in [-0.15, -0.1) is 0 Å². The van der Waals surface area contributed by atoms with Crippen molar-refractivity contribution in [1.82, 2.24) is 0 Å². The highest BCUT2D eigenvalue weighted by atomic mass is 32.2. The van der Waals surface area contributed by atoms with E-state index in [1.807, 2.05) is 31.2 Å². The third-order valence-corrected chi connectivity index (χ3v) is 4.33. The molecule has 2 rings (SSSR count). The van der Waals surface area contributed by atoms with E-state index in [9.17, 15) is 13.2 Å². The average Bonchev–Trinajstić information content (AvgIpc) is 2.56. The van der Waals surface area contributed by atoms with Crippen molar-refractivity contribution in [3.8, 4) is 5.75 Å². The molecular formula is C17H21N3O4S. The lowest BCUT2D eigenvalue weighted by molar-refractivity contribution is -0.116. The van der Waals surface area contributed by atoms with Crippen LogP contribution in [0.4, 0.5) is 11.4 Å². The summed E-state index contributed by atoms with van der Waals surface area (Å²) < 4.78 is 28.0. The summed E-state index contributed by atoms with van der Waals surface area (Å²) in [5, 5.41) is 10.9. The van der Waals surface area contributed by atoms with E-state index < -0.39 is 16.1 Å². The zero-order valence-corrected chi connectivity index (χ0v) is 14.8. The van der Waals surface area contributed by atoms with Crippen LogP contribution >= 0.6 is 0 Å². The number of para-hydroxylation sites is 2. The molecule has 1 amide bonds. The Morgan fingerprint density at radius 3 is 2.40 bits per heavy atom. The van der Waals surface area contributed by atoms with Gasteiger partial charge < -0.3 is 15.4 Å². The van der Waals surface area contributed by atoms with Crippen molar-refractivity contribution < 1.29 is 17.9 Å². The van der Waals surface area contributed by atoms with Crippen LogP contribution in [0.15, 0.2) is 53.4 Å². The predicted molar refractivity (Wildman–Crippen MR) is 97.1 cm³/mol. The summed E-state index contributed by atoms with van der Waals surface area (Å²) in [5.41, 5.74) is 1.20. The fraction of sp³-hybridized carbons (Fsp3) is 0.235. The Hall–Kier alpha value is -2.58. The second-order valence-corrected chi connectivity index (χ2v) is 6.92. The minimum atomic E-state index is -3.75. The molecule has 0 aliphatic carbocycles. The molecule has 134 valence electrons. The summed E-state index contributed by atoms with van der Waals surface area (Å²) in [6.07, 6.45) is 0. The van der Waals surface area contributed by atoms with Crippen molar-refractivity contribution in [2.45, 2.75) is 24.8 Å². The van der Waals surface area contributed by atoms with E-state index in [0.29, 0.717) is 18.0 Å². The summed E-state index contributed by atoms with van der Waals surface area (Å²) in [7, 11) is -3.75. The van der Waals surface area contributed by atoms with Crippen LogP contribution in [0, 0.1) is 0 Å². The van der Waals surface area contributed by atoms with Crippen LogP contribution in [-0.2, 0) is 14.8 Å². The Morgan fingerprint density at radius 1 is 1.16 bits per heavy atom. The summed E-state index contributed by atoms with van der Waals surface area (Å²) in [4.78, 5) is 12.3. The maximum absolute atomic E-state index is 12.3. The number of sulfonamides is 1. The van der Waals surface area contributed by atoms with Gasteiger partial charge in [-0.1, -0.05) is 12.1 Å². The van der Waals surface area contributed by atoms with E-state index in [1.165, 1.54) is 24.3 Å². The second-order valence-electron chi connectivity index (χ2n) is 5.35. The van der Waals surface area contributed by atoms with Crippen LogP contribution < -0.4 is 20.5 Å². The molecule has 2 aromatic carbocycles.